The third-order valence-electron chi connectivity index (χ3n) is 2.00. The first-order chi connectivity index (χ1) is 8.17. The molecule has 9 heteroatoms. The van der Waals surface area contributed by atoms with E-state index in [0.29, 0.717) is 5.69 Å². The number of rotatable bonds is 8. The molecule has 0 aliphatic carbocycles. The van der Waals surface area contributed by atoms with Gasteiger partial charge in [-0.25, -0.2) is 14.5 Å². The van der Waals surface area contributed by atoms with Gasteiger partial charge in [0, 0.05) is 18.7 Å². The molecular formula is C8H13N3O6-2. The van der Waals surface area contributed by atoms with E-state index in [9.17, 15) is 10.5 Å². The average molecular weight is 247 g/mol. The van der Waals surface area contributed by atoms with Crippen molar-refractivity contribution in [2.45, 2.75) is 32.4 Å². The summed E-state index contributed by atoms with van der Waals surface area (Å²) in [5.41, 5.74) is 0.579. The monoisotopic (exact) mass is 247 g/mol. The van der Waals surface area contributed by atoms with Crippen molar-refractivity contribution in [1.29, 1.82) is 0 Å². The van der Waals surface area contributed by atoms with E-state index >= 15 is 0 Å². The van der Waals surface area contributed by atoms with Gasteiger partial charge in [0.25, 0.3) is 0 Å². The van der Waals surface area contributed by atoms with E-state index in [1.54, 1.807) is 10.9 Å². The summed E-state index contributed by atoms with van der Waals surface area (Å²) in [7, 11) is 0. The van der Waals surface area contributed by atoms with E-state index in [4.69, 9.17) is 0 Å². The summed E-state index contributed by atoms with van der Waals surface area (Å²) in [5, 5.41) is 33.7. The fraction of sp³-hybridized carbons (Fsp3) is 0.750. The summed E-state index contributed by atoms with van der Waals surface area (Å²) in [6.45, 7) is 3.64. The highest BCUT2D eigenvalue weighted by atomic mass is 17.5. The Morgan fingerprint density at radius 1 is 1.35 bits per heavy atom. The lowest BCUT2D eigenvalue weighted by atomic mass is 10.2. The molecule has 17 heavy (non-hydrogen) atoms. The number of aromatic nitrogens is 3. The van der Waals surface area contributed by atoms with Gasteiger partial charge in [-0.1, -0.05) is 5.21 Å². The Bertz CT molecular complexity index is 318. The minimum Gasteiger partial charge on any atom is -0.692 e. The third-order valence-corrected chi connectivity index (χ3v) is 2.00. The molecule has 1 rings (SSSR count). The summed E-state index contributed by atoms with van der Waals surface area (Å²) >= 11 is 0. The van der Waals surface area contributed by atoms with Crippen LogP contribution in [-0.2, 0) is 26.3 Å². The van der Waals surface area contributed by atoms with E-state index < -0.39 is 6.10 Å². The maximum Gasteiger partial charge on any atom is 0.124 e. The predicted octanol–water partition coefficient (Wildman–Crippen LogP) is -1.78. The summed E-state index contributed by atoms with van der Waals surface area (Å²) in [4.78, 5) is 8.46. The Balaban J connectivity index is 2.52. The van der Waals surface area contributed by atoms with Crippen molar-refractivity contribution in [2.75, 3.05) is 6.61 Å². The van der Waals surface area contributed by atoms with Gasteiger partial charge in [0.05, 0.1) is 5.69 Å². The Labute approximate surface area is 97.2 Å². The smallest absolute Gasteiger partial charge is 0.124 e. The predicted molar refractivity (Wildman–Crippen MR) is 47.1 cm³/mol. The molecule has 0 fully saturated rings. The van der Waals surface area contributed by atoms with Crippen LogP contribution in [0, 0.1) is 0 Å². The first kappa shape index (κ1) is 14.0. The largest absolute Gasteiger partial charge is 0.692 e. The van der Waals surface area contributed by atoms with Crippen molar-refractivity contribution in [3.05, 3.63) is 11.9 Å². The van der Waals surface area contributed by atoms with Crippen LogP contribution in [-0.4, -0.2) is 27.7 Å². The molecule has 0 aliphatic heterocycles. The minimum atomic E-state index is -0.793. The average Bonchev–Trinajstić information content (AvgIpc) is 2.75. The molecule has 0 bridgehead atoms. The van der Waals surface area contributed by atoms with Gasteiger partial charge in [0.2, 0.25) is 0 Å². The van der Waals surface area contributed by atoms with E-state index in [0.717, 1.165) is 0 Å². The van der Waals surface area contributed by atoms with Crippen molar-refractivity contribution >= 4 is 0 Å². The Hall–Kier alpha value is -1.10. The van der Waals surface area contributed by atoms with Gasteiger partial charge in [0.15, 0.2) is 0 Å². The number of hydrogen-bond acceptors (Lipinski definition) is 8. The molecule has 0 amide bonds. The van der Waals surface area contributed by atoms with Crippen LogP contribution in [0.4, 0.5) is 0 Å². The minimum absolute atomic E-state index is 0.174. The van der Waals surface area contributed by atoms with Crippen molar-refractivity contribution in [3.63, 3.8) is 0 Å². The van der Waals surface area contributed by atoms with Crippen LogP contribution in [0.3, 0.4) is 0 Å². The van der Waals surface area contributed by atoms with Gasteiger partial charge in [-0.3, -0.25) is 10.1 Å². The summed E-state index contributed by atoms with van der Waals surface area (Å²) in [6, 6.07) is 0.174. The highest BCUT2D eigenvalue weighted by Crippen LogP contribution is 2.07. The maximum absolute atomic E-state index is 9.87. The molecule has 9 nitrogen and oxygen atoms in total. The second-order valence-corrected chi connectivity index (χ2v) is 3.63. The zero-order valence-electron chi connectivity index (χ0n) is 9.44. The molecule has 0 aromatic carbocycles. The van der Waals surface area contributed by atoms with E-state index in [-0.39, 0.29) is 19.1 Å². The molecule has 1 unspecified atom stereocenters. The molecule has 1 aromatic rings. The van der Waals surface area contributed by atoms with Crippen molar-refractivity contribution in [1.82, 2.24) is 15.0 Å². The fourth-order valence-electron chi connectivity index (χ4n) is 1.17. The summed E-state index contributed by atoms with van der Waals surface area (Å²) in [6.07, 6.45) is 1.11. The molecule has 0 saturated carbocycles. The summed E-state index contributed by atoms with van der Waals surface area (Å²) in [5.74, 6) is 0. The quantitative estimate of drug-likeness (QED) is 0.391. The Kier molecular flexibility index (Phi) is 5.97. The normalized spacial score (nSPS) is 13.2. The first-order valence-corrected chi connectivity index (χ1v) is 4.94. The SMILES string of the molecule is CC(C)n1cc(CC(COO[O-])OO[O-])nn1. The molecule has 0 saturated heterocycles. The van der Waals surface area contributed by atoms with Gasteiger partial charge < -0.3 is 10.5 Å². The molecule has 1 aromatic heterocycles. The topological polar surface area (TPSA) is 114 Å². The molecule has 1 atom stereocenters. The number of hydrogen-bond donors (Lipinski definition) is 0. The fourth-order valence-corrected chi connectivity index (χ4v) is 1.17. The first-order valence-electron chi connectivity index (χ1n) is 4.94. The van der Waals surface area contributed by atoms with E-state index in [1.165, 1.54) is 0 Å². The van der Waals surface area contributed by atoms with Crippen LogP contribution in [0.25, 0.3) is 0 Å². The molecule has 98 valence electrons. The van der Waals surface area contributed by atoms with E-state index in [1.807, 2.05) is 13.8 Å². The van der Waals surface area contributed by atoms with E-state index in [2.05, 4.69) is 30.2 Å². The lowest BCUT2D eigenvalue weighted by Gasteiger charge is -2.17. The van der Waals surface area contributed by atoms with Crippen LogP contribution in [0.15, 0.2) is 6.20 Å². The molecule has 0 aliphatic rings. The zero-order valence-corrected chi connectivity index (χ0v) is 9.44. The second-order valence-electron chi connectivity index (χ2n) is 3.63. The van der Waals surface area contributed by atoms with Crippen molar-refractivity contribution in [3.8, 4) is 0 Å². The standard InChI is InChI=1S/C8H15N3O6/c1-6(2)11-4-7(9-10-11)3-8(15-17-13)5-14-16-12/h4,6,8,12-13H,3,5H2,1-2H3/p-2. The van der Waals surface area contributed by atoms with Crippen LogP contribution in [0.2, 0.25) is 0 Å². The molecule has 1 heterocycles. The highest BCUT2D eigenvalue weighted by molar-refractivity contribution is 4.95. The Morgan fingerprint density at radius 2 is 2.12 bits per heavy atom. The van der Waals surface area contributed by atoms with Gasteiger partial charge in [-0.2, -0.15) is 0 Å². The number of nitrogens with zero attached hydrogens (tertiary/aromatic N) is 3. The molecule has 0 N–H and O–H groups in total. The summed E-state index contributed by atoms with van der Waals surface area (Å²) < 4.78 is 1.65. The van der Waals surface area contributed by atoms with Gasteiger partial charge in [0.1, 0.15) is 12.7 Å². The van der Waals surface area contributed by atoms with Gasteiger partial charge in [-0.05, 0) is 13.8 Å². The third kappa shape index (κ3) is 4.73. The van der Waals surface area contributed by atoms with Crippen LogP contribution in [0.5, 0.6) is 0 Å². The van der Waals surface area contributed by atoms with Gasteiger partial charge in [-0.15, -0.1) is 5.10 Å². The zero-order chi connectivity index (χ0) is 12.7. The Morgan fingerprint density at radius 3 is 2.65 bits per heavy atom. The van der Waals surface area contributed by atoms with Crippen molar-refractivity contribution < 1.29 is 30.4 Å². The van der Waals surface area contributed by atoms with Crippen molar-refractivity contribution in [2.24, 2.45) is 0 Å². The lowest BCUT2D eigenvalue weighted by molar-refractivity contribution is -0.816. The van der Waals surface area contributed by atoms with Gasteiger partial charge >= 0.3 is 0 Å². The lowest BCUT2D eigenvalue weighted by Crippen LogP contribution is -2.27. The maximum atomic E-state index is 9.87. The highest BCUT2D eigenvalue weighted by Gasteiger charge is 2.14. The second kappa shape index (κ2) is 7.27. The molecule has 0 spiro atoms. The van der Waals surface area contributed by atoms with Crippen LogP contribution < -0.4 is 10.5 Å². The van der Waals surface area contributed by atoms with Crippen LogP contribution >= 0.6 is 0 Å². The molecule has 0 radical (unpaired) electrons. The van der Waals surface area contributed by atoms with Crippen LogP contribution in [0.1, 0.15) is 25.6 Å². The molecular weight excluding hydrogens is 234 g/mol.